The van der Waals surface area contributed by atoms with Gasteiger partial charge in [0.25, 0.3) is 0 Å². The SMILES string of the molecule is OCCN1Cc2ccc(Nc3ncc4c5ccncc5n(C5CCCCC5)c4n3)nc2C(O)C1. The summed E-state index contributed by atoms with van der Waals surface area (Å²) in [6.45, 7) is 1.73. The largest absolute Gasteiger partial charge is 0.395 e. The Morgan fingerprint density at radius 3 is 2.76 bits per heavy atom. The molecule has 34 heavy (non-hydrogen) atoms. The second-order valence-electron chi connectivity index (χ2n) is 9.33. The van der Waals surface area contributed by atoms with Gasteiger partial charge in [-0.15, -0.1) is 0 Å². The van der Waals surface area contributed by atoms with E-state index in [-0.39, 0.29) is 6.61 Å². The number of hydrogen-bond donors (Lipinski definition) is 3. The molecule has 176 valence electrons. The highest BCUT2D eigenvalue weighted by Crippen LogP contribution is 2.36. The molecular weight excluding hydrogens is 430 g/mol. The second-order valence-corrected chi connectivity index (χ2v) is 9.33. The first kappa shape index (κ1) is 21.4. The van der Waals surface area contributed by atoms with Gasteiger partial charge in [0.15, 0.2) is 0 Å². The van der Waals surface area contributed by atoms with E-state index in [0.717, 1.165) is 40.3 Å². The fourth-order valence-electron chi connectivity index (χ4n) is 5.49. The van der Waals surface area contributed by atoms with Crippen molar-refractivity contribution in [2.24, 2.45) is 0 Å². The predicted octanol–water partition coefficient (Wildman–Crippen LogP) is 3.46. The Hall–Kier alpha value is -3.14. The van der Waals surface area contributed by atoms with Crippen molar-refractivity contribution in [2.75, 3.05) is 25.0 Å². The number of hydrogen-bond acceptors (Lipinski definition) is 8. The summed E-state index contributed by atoms with van der Waals surface area (Å²) in [7, 11) is 0. The minimum atomic E-state index is -0.693. The van der Waals surface area contributed by atoms with E-state index in [1.54, 1.807) is 0 Å². The molecule has 0 saturated heterocycles. The summed E-state index contributed by atoms with van der Waals surface area (Å²) < 4.78 is 2.35. The fraction of sp³-hybridized carbons (Fsp3) is 0.440. The molecule has 0 radical (unpaired) electrons. The van der Waals surface area contributed by atoms with Crippen LogP contribution in [0.2, 0.25) is 0 Å². The summed E-state index contributed by atoms with van der Waals surface area (Å²) in [5.74, 6) is 1.09. The first-order chi connectivity index (χ1) is 16.7. The molecule has 1 saturated carbocycles. The molecule has 0 aromatic carbocycles. The van der Waals surface area contributed by atoms with E-state index in [9.17, 15) is 10.2 Å². The topological polar surface area (TPSA) is 112 Å². The molecule has 0 amide bonds. The molecule has 1 aliphatic heterocycles. The average molecular weight is 460 g/mol. The summed E-state index contributed by atoms with van der Waals surface area (Å²) in [6.07, 6.45) is 11.0. The van der Waals surface area contributed by atoms with Gasteiger partial charge in [-0.05, 0) is 30.5 Å². The number of aromatic nitrogens is 5. The zero-order valence-electron chi connectivity index (χ0n) is 19.1. The van der Waals surface area contributed by atoms with Gasteiger partial charge < -0.3 is 20.1 Å². The highest BCUT2D eigenvalue weighted by Gasteiger charge is 2.26. The molecule has 1 aliphatic carbocycles. The van der Waals surface area contributed by atoms with Gasteiger partial charge in [-0.3, -0.25) is 9.88 Å². The third-order valence-electron chi connectivity index (χ3n) is 7.10. The van der Waals surface area contributed by atoms with E-state index in [4.69, 9.17) is 4.98 Å². The van der Waals surface area contributed by atoms with Gasteiger partial charge in [0.2, 0.25) is 5.95 Å². The van der Waals surface area contributed by atoms with Gasteiger partial charge in [0.1, 0.15) is 17.6 Å². The van der Waals surface area contributed by atoms with Gasteiger partial charge in [0, 0.05) is 48.8 Å². The van der Waals surface area contributed by atoms with Crippen LogP contribution in [0.25, 0.3) is 21.9 Å². The fourth-order valence-corrected chi connectivity index (χ4v) is 5.49. The number of nitrogens with zero attached hydrogens (tertiary/aromatic N) is 6. The minimum Gasteiger partial charge on any atom is -0.395 e. The van der Waals surface area contributed by atoms with Crippen molar-refractivity contribution < 1.29 is 10.2 Å². The first-order valence-electron chi connectivity index (χ1n) is 12.1. The van der Waals surface area contributed by atoms with Crippen LogP contribution in [-0.2, 0) is 6.54 Å². The van der Waals surface area contributed by atoms with Gasteiger partial charge in [-0.2, -0.15) is 4.98 Å². The molecular formula is C25H29N7O2. The number of fused-ring (bicyclic) bond motifs is 4. The Morgan fingerprint density at radius 2 is 1.91 bits per heavy atom. The van der Waals surface area contributed by atoms with E-state index >= 15 is 0 Å². The zero-order chi connectivity index (χ0) is 23.1. The van der Waals surface area contributed by atoms with Crippen LogP contribution in [0.4, 0.5) is 11.8 Å². The summed E-state index contributed by atoms with van der Waals surface area (Å²) in [5, 5.41) is 25.2. The second kappa shape index (κ2) is 8.90. The van der Waals surface area contributed by atoms with Gasteiger partial charge in [0.05, 0.1) is 24.0 Å². The Bertz CT molecular complexity index is 1330. The van der Waals surface area contributed by atoms with Crippen LogP contribution >= 0.6 is 0 Å². The van der Waals surface area contributed by atoms with Crippen molar-refractivity contribution in [3.8, 4) is 0 Å². The molecule has 1 fully saturated rings. The molecule has 2 aliphatic rings. The Morgan fingerprint density at radius 1 is 1.03 bits per heavy atom. The average Bonchev–Trinajstić information content (AvgIpc) is 3.19. The molecule has 3 N–H and O–H groups in total. The lowest BCUT2D eigenvalue weighted by Crippen LogP contribution is -2.36. The Labute approximate surface area is 197 Å². The highest BCUT2D eigenvalue weighted by molar-refractivity contribution is 6.06. The number of pyridine rings is 2. The Balaban J connectivity index is 1.35. The summed E-state index contributed by atoms with van der Waals surface area (Å²) in [6, 6.07) is 6.32. The van der Waals surface area contributed by atoms with Crippen molar-refractivity contribution in [3.63, 3.8) is 0 Å². The van der Waals surface area contributed by atoms with E-state index < -0.39 is 6.10 Å². The van der Waals surface area contributed by atoms with Crippen molar-refractivity contribution in [3.05, 3.63) is 48.0 Å². The summed E-state index contributed by atoms with van der Waals surface area (Å²) in [5.41, 5.74) is 3.67. The van der Waals surface area contributed by atoms with E-state index in [0.29, 0.717) is 43.1 Å². The molecule has 0 bridgehead atoms. The molecule has 9 nitrogen and oxygen atoms in total. The molecule has 4 aromatic heterocycles. The van der Waals surface area contributed by atoms with Crippen LogP contribution < -0.4 is 5.32 Å². The van der Waals surface area contributed by atoms with Crippen molar-refractivity contribution in [1.29, 1.82) is 0 Å². The van der Waals surface area contributed by atoms with Crippen LogP contribution in [-0.4, -0.2) is 59.3 Å². The highest BCUT2D eigenvalue weighted by atomic mass is 16.3. The number of anilines is 2. The van der Waals surface area contributed by atoms with Crippen molar-refractivity contribution in [2.45, 2.75) is 50.8 Å². The Kier molecular flexibility index (Phi) is 5.60. The molecule has 9 heteroatoms. The maximum absolute atomic E-state index is 10.6. The predicted molar refractivity (Wildman–Crippen MR) is 130 cm³/mol. The lowest BCUT2D eigenvalue weighted by Gasteiger charge is -2.31. The smallest absolute Gasteiger partial charge is 0.230 e. The standard InChI is InChI=1S/C25H29N7O2/c33-11-10-31-14-16-6-7-22(28-23(16)21(34)15-31)29-25-27-12-19-18-8-9-26-13-20(18)32(24(19)30-25)17-4-2-1-3-5-17/h6-9,12-13,17,21,33-34H,1-5,10-11,14-15H2,(H,27,28,29,30). The minimum absolute atomic E-state index is 0.0720. The first-order valence-corrected chi connectivity index (χ1v) is 12.1. The van der Waals surface area contributed by atoms with Crippen molar-refractivity contribution >= 4 is 33.7 Å². The molecule has 6 rings (SSSR count). The summed E-state index contributed by atoms with van der Waals surface area (Å²) >= 11 is 0. The number of aliphatic hydroxyl groups is 2. The number of β-amino-alcohol motifs (C(OH)–C–C–N with tert-alkyl or cyclic N) is 2. The lowest BCUT2D eigenvalue weighted by molar-refractivity contribution is 0.0771. The van der Waals surface area contributed by atoms with Gasteiger partial charge >= 0.3 is 0 Å². The lowest BCUT2D eigenvalue weighted by atomic mass is 9.95. The van der Waals surface area contributed by atoms with E-state index in [1.165, 1.54) is 19.3 Å². The van der Waals surface area contributed by atoms with Crippen LogP contribution in [0.15, 0.2) is 36.8 Å². The molecule has 5 heterocycles. The quantitative estimate of drug-likeness (QED) is 0.416. The molecule has 0 spiro atoms. The maximum Gasteiger partial charge on any atom is 0.230 e. The number of nitrogens with one attached hydrogen (secondary N) is 1. The monoisotopic (exact) mass is 459 g/mol. The number of rotatable bonds is 5. The van der Waals surface area contributed by atoms with E-state index in [1.807, 2.05) is 41.7 Å². The summed E-state index contributed by atoms with van der Waals surface area (Å²) in [4.78, 5) is 20.6. The molecule has 1 unspecified atom stereocenters. The zero-order valence-corrected chi connectivity index (χ0v) is 19.1. The number of aliphatic hydroxyl groups excluding tert-OH is 2. The molecule has 4 aromatic rings. The maximum atomic E-state index is 10.6. The van der Waals surface area contributed by atoms with Crippen LogP contribution in [0.3, 0.4) is 0 Å². The third-order valence-corrected chi connectivity index (χ3v) is 7.10. The van der Waals surface area contributed by atoms with Crippen LogP contribution in [0.1, 0.15) is 55.5 Å². The van der Waals surface area contributed by atoms with Crippen LogP contribution in [0, 0.1) is 0 Å². The third kappa shape index (κ3) is 3.79. The van der Waals surface area contributed by atoms with Crippen molar-refractivity contribution in [1.82, 2.24) is 29.4 Å². The van der Waals surface area contributed by atoms with Gasteiger partial charge in [-0.1, -0.05) is 25.3 Å². The molecule has 1 atom stereocenters. The van der Waals surface area contributed by atoms with Gasteiger partial charge in [-0.25, -0.2) is 9.97 Å². The van der Waals surface area contributed by atoms with E-state index in [2.05, 4.69) is 24.8 Å². The normalized spacial score (nSPS) is 19.5. The van der Waals surface area contributed by atoms with Crippen LogP contribution in [0.5, 0.6) is 0 Å².